The molecule has 2 N–H and O–H groups in total. The summed E-state index contributed by atoms with van der Waals surface area (Å²) in [5.41, 5.74) is 7.22. The van der Waals surface area contributed by atoms with E-state index in [9.17, 15) is 8.42 Å². The fourth-order valence-corrected chi connectivity index (χ4v) is 4.64. The van der Waals surface area contributed by atoms with E-state index in [1.165, 1.54) is 0 Å². The minimum Gasteiger partial charge on any atom is -0.375 e. The highest BCUT2D eigenvalue weighted by atomic mass is 32.2. The average molecular weight is 312 g/mol. The third-order valence-corrected chi connectivity index (χ3v) is 6.02. The number of hydrogen-bond donors (Lipinski definition) is 1. The van der Waals surface area contributed by atoms with E-state index in [1.807, 2.05) is 32.9 Å². The molecule has 21 heavy (non-hydrogen) atoms. The molecule has 0 spiro atoms. The first-order chi connectivity index (χ1) is 9.90. The highest BCUT2D eigenvalue weighted by Crippen LogP contribution is 2.26. The monoisotopic (exact) mass is 312 g/mol. The predicted octanol–water partition coefficient (Wildman–Crippen LogP) is 1.64. The Morgan fingerprint density at radius 1 is 1.43 bits per heavy atom. The topological polar surface area (TPSA) is 72.6 Å². The molecule has 5 nitrogen and oxygen atoms in total. The van der Waals surface area contributed by atoms with Gasteiger partial charge in [0.2, 0.25) is 10.0 Å². The van der Waals surface area contributed by atoms with Gasteiger partial charge in [0, 0.05) is 19.1 Å². The van der Waals surface area contributed by atoms with Gasteiger partial charge in [-0.05, 0) is 37.5 Å². The van der Waals surface area contributed by atoms with Crippen LogP contribution < -0.4 is 5.73 Å². The Hall–Kier alpha value is -0.950. The van der Waals surface area contributed by atoms with Crippen molar-refractivity contribution in [3.05, 3.63) is 29.3 Å². The Bertz CT molecular complexity index is 601. The van der Waals surface area contributed by atoms with E-state index in [2.05, 4.69) is 0 Å². The normalized spacial score (nSPS) is 24.2. The van der Waals surface area contributed by atoms with Gasteiger partial charge in [-0.1, -0.05) is 19.1 Å². The maximum atomic E-state index is 13.0. The van der Waals surface area contributed by atoms with Crippen molar-refractivity contribution >= 4 is 10.0 Å². The first kappa shape index (κ1) is 16.4. The zero-order valence-corrected chi connectivity index (χ0v) is 13.7. The molecule has 0 radical (unpaired) electrons. The van der Waals surface area contributed by atoms with Crippen LogP contribution in [0.3, 0.4) is 0 Å². The third-order valence-electron chi connectivity index (χ3n) is 3.96. The number of sulfonamides is 1. The van der Waals surface area contributed by atoms with Crippen LogP contribution in [0.15, 0.2) is 23.1 Å². The summed E-state index contributed by atoms with van der Waals surface area (Å²) < 4.78 is 33.2. The Morgan fingerprint density at radius 3 is 2.76 bits per heavy atom. The van der Waals surface area contributed by atoms with Crippen molar-refractivity contribution in [1.82, 2.24) is 4.31 Å². The molecule has 1 aromatic carbocycles. The van der Waals surface area contributed by atoms with Crippen LogP contribution in [0.25, 0.3) is 0 Å². The van der Waals surface area contributed by atoms with Gasteiger partial charge in [-0.15, -0.1) is 0 Å². The number of nitrogens with two attached hydrogens (primary N) is 1. The van der Waals surface area contributed by atoms with Crippen molar-refractivity contribution in [2.75, 3.05) is 13.2 Å². The van der Waals surface area contributed by atoms with Crippen molar-refractivity contribution in [3.8, 4) is 0 Å². The van der Waals surface area contributed by atoms with E-state index < -0.39 is 10.0 Å². The van der Waals surface area contributed by atoms with Crippen molar-refractivity contribution in [2.24, 2.45) is 5.73 Å². The molecule has 0 aromatic heterocycles. The summed E-state index contributed by atoms with van der Waals surface area (Å²) in [7, 11) is -3.52. The Kier molecular flexibility index (Phi) is 5.03. The van der Waals surface area contributed by atoms with Crippen LogP contribution in [0.5, 0.6) is 0 Å². The van der Waals surface area contributed by atoms with Crippen LogP contribution in [-0.2, 0) is 21.3 Å². The summed E-state index contributed by atoms with van der Waals surface area (Å²) in [6.07, 6.45) is 0.655. The molecule has 1 heterocycles. The maximum absolute atomic E-state index is 13.0. The number of hydrogen-bond acceptors (Lipinski definition) is 4. The van der Waals surface area contributed by atoms with E-state index >= 15 is 0 Å². The van der Waals surface area contributed by atoms with Gasteiger partial charge in [0.05, 0.1) is 17.6 Å². The van der Waals surface area contributed by atoms with Gasteiger partial charge in [0.15, 0.2) is 0 Å². The van der Waals surface area contributed by atoms with E-state index in [-0.39, 0.29) is 12.1 Å². The molecular formula is C15H24N2O3S. The molecule has 2 unspecified atom stereocenters. The van der Waals surface area contributed by atoms with Crippen molar-refractivity contribution in [2.45, 2.75) is 50.8 Å². The summed E-state index contributed by atoms with van der Waals surface area (Å²) in [5.74, 6) is 0. The molecule has 1 fully saturated rings. The highest BCUT2D eigenvalue weighted by molar-refractivity contribution is 7.89. The minimum absolute atomic E-state index is 0.0828. The predicted molar refractivity (Wildman–Crippen MR) is 82.5 cm³/mol. The third kappa shape index (κ3) is 3.29. The summed E-state index contributed by atoms with van der Waals surface area (Å²) in [6, 6.07) is 5.28. The maximum Gasteiger partial charge on any atom is 0.243 e. The van der Waals surface area contributed by atoms with Gasteiger partial charge in [0.25, 0.3) is 0 Å². The van der Waals surface area contributed by atoms with Crippen LogP contribution in [0.2, 0.25) is 0 Å². The molecule has 1 aromatic rings. The second kappa shape index (κ2) is 6.44. The van der Waals surface area contributed by atoms with Crippen LogP contribution in [-0.4, -0.2) is 38.0 Å². The molecule has 6 heteroatoms. The molecule has 2 rings (SSSR count). The Labute approximate surface area is 127 Å². The first-order valence-corrected chi connectivity index (χ1v) is 8.77. The van der Waals surface area contributed by atoms with Gasteiger partial charge >= 0.3 is 0 Å². The quantitative estimate of drug-likeness (QED) is 0.917. The Morgan fingerprint density at radius 2 is 2.14 bits per heavy atom. The zero-order valence-electron chi connectivity index (χ0n) is 12.9. The SMILES string of the molecule is CCC1COC(C)CN1S(=O)(=O)c1cc(CN)ccc1C. The standard InChI is InChI=1S/C15H24N2O3S/c1-4-14-10-20-12(3)9-17(14)21(18,19)15-7-13(8-16)6-5-11(15)2/h5-7,12,14H,4,8-10,16H2,1-3H3. The van der Waals surface area contributed by atoms with Crippen LogP contribution in [0.1, 0.15) is 31.4 Å². The second-order valence-corrected chi connectivity index (χ2v) is 7.44. The lowest BCUT2D eigenvalue weighted by Gasteiger charge is -2.37. The zero-order chi connectivity index (χ0) is 15.6. The molecular weight excluding hydrogens is 288 g/mol. The van der Waals surface area contributed by atoms with Crippen LogP contribution in [0, 0.1) is 6.92 Å². The molecule has 0 saturated carbocycles. The molecule has 0 bridgehead atoms. The van der Waals surface area contributed by atoms with Crippen molar-refractivity contribution in [1.29, 1.82) is 0 Å². The van der Waals surface area contributed by atoms with Crippen LogP contribution >= 0.6 is 0 Å². The fourth-order valence-electron chi connectivity index (χ4n) is 2.61. The van der Waals surface area contributed by atoms with Gasteiger partial charge in [-0.3, -0.25) is 0 Å². The van der Waals surface area contributed by atoms with E-state index in [4.69, 9.17) is 10.5 Å². The number of ether oxygens (including phenoxy) is 1. The summed E-state index contributed by atoms with van der Waals surface area (Å²) in [6.45, 7) is 6.88. The van der Waals surface area contributed by atoms with Crippen molar-refractivity contribution in [3.63, 3.8) is 0 Å². The lowest BCUT2D eigenvalue weighted by molar-refractivity contribution is -0.0230. The number of benzene rings is 1. The summed E-state index contributed by atoms with van der Waals surface area (Å²) >= 11 is 0. The number of morpholine rings is 1. The first-order valence-electron chi connectivity index (χ1n) is 7.33. The average Bonchev–Trinajstić information content (AvgIpc) is 2.47. The van der Waals surface area contributed by atoms with E-state index in [1.54, 1.807) is 10.4 Å². The van der Waals surface area contributed by atoms with Gasteiger partial charge in [-0.25, -0.2) is 8.42 Å². The van der Waals surface area contributed by atoms with E-state index in [0.29, 0.717) is 24.6 Å². The minimum atomic E-state index is -3.52. The van der Waals surface area contributed by atoms with Crippen molar-refractivity contribution < 1.29 is 13.2 Å². The molecule has 1 aliphatic rings. The fraction of sp³-hybridized carbons (Fsp3) is 0.600. The lowest BCUT2D eigenvalue weighted by Crippen LogP contribution is -2.51. The molecule has 1 aliphatic heterocycles. The summed E-state index contributed by atoms with van der Waals surface area (Å²) in [4.78, 5) is 0.359. The van der Waals surface area contributed by atoms with E-state index in [0.717, 1.165) is 17.5 Å². The molecule has 1 saturated heterocycles. The number of nitrogens with zero attached hydrogens (tertiary/aromatic N) is 1. The van der Waals surface area contributed by atoms with Gasteiger partial charge in [0.1, 0.15) is 0 Å². The highest BCUT2D eigenvalue weighted by Gasteiger charge is 2.36. The molecule has 0 aliphatic carbocycles. The summed E-state index contributed by atoms with van der Waals surface area (Å²) in [5, 5.41) is 0. The molecule has 2 atom stereocenters. The van der Waals surface area contributed by atoms with Gasteiger partial charge in [-0.2, -0.15) is 4.31 Å². The van der Waals surface area contributed by atoms with Gasteiger partial charge < -0.3 is 10.5 Å². The number of aryl methyl sites for hydroxylation is 1. The number of rotatable bonds is 4. The lowest BCUT2D eigenvalue weighted by atomic mass is 10.1. The smallest absolute Gasteiger partial charge is 0.243 e. The molecule has 0 amide bonds. The van der Waals surface area contributed by atoms with Crippen LogP contribution in [0.4, 0.5) is 0 Å². The second-order valence-electron chi connectivity index (χ2n) is 5.58. The molecule has 118 valence electrons. The largest absolute Gasteiger partial charge is 0.375 e. The Balaban J connectivity index is 2.44.